The van der Waals surface area contributed by atoms with Crippen LogP contribution in [0, 0.1) is 11.3 Å². The van der Waals surface area contributed by atoms with Crippen LogP contribution >= 0.6 is 0 Å². The number of fused-ring (bicyclic) bond motifs is 1. The van der Waals surface area contributed by atoms with Gasteiger partial charge in [0, 0.05) is 25.2 Å². The van der Waals surface area contributed by atoms with Crippen molar-refractivity contribution in [2.24, 2.45) is 17.1 Å². The molecule has 0 spiro atoms. The van der Waals surface area contributed by atoms with Crippen molar-refractivity contribution in [1.29, 1.82) is 0 Å². The largest absolute Gasteiger partial charge is 0.353 e. The Morgan fingerprint density at radius 1 is 1.35 bits per heavy atom. The highest BCUT2D eigenvalue weighted by Crippen LogP contribution is 2.28. The number of nitrogens with one attached hydrogen (secondary N) is 1. The van der Waals surface area contributed by atoms with Crippen LogP contribution in [0.3, 0.4) is 0 Å². The number of rotatable bonds is 4. The molecule has 4 nitrogen and oxygen atoms in total. The summed E-state index contributed by atoms with van der Waals surface area (Å²) in [6, 6.07) is 1.06. The maximum Gasteiger partial charge on any atom is 0.224 e. The van der Waals surface area contributed by atoms with Crippen LogP contribution < -0.4 is 11.1 Å². The van der Waals surface area contributed by atoms with Gasteiger partial charge in [0.05, 0.1) is 5.92 Å². The topological polar surface area (TPSA) is 58.4 Å². The lowest BCUT2D eigenvalue weighted by molar-refractivity contribution is -0.126. The Hall–Kier alpha value is -0.610. The standard InChI is InChI=1S/C16H31N3O/c1-16(2,3)10-12(11-17)15(20)18-13-6-8-19-7-4-5-14(19)9-13/h12-14H,4-11,17H2,1-3H3,(H,18,20). The fraction of sp³-hybridized carbons (Fsp3) is 0.938. The van der Waals surface area contributed by atoms with Crippen molar-refractivity contribution in [3.05, 3.63) is 0 Å². The van der Waals surface area contributed by atoms with Crippen LogP contribution in [0.15, 0.2) is 0 Å². The zero-order chi connectivity index (χ0) is 14.8. The quantitative estimate of drug-likeness (QED) is 0.825. The molecule has 2 heterocycles. The van der Waals surface area contributed by atoms with Crippen molar-refractivity contribution < 1.29 is 4.79 Å². The summed E-state index contributed by atoms with van der Waals surface area (Å²) in [5.41, 5.74) is 5.95. The second kappa shape index (κ2) is 6.44. The molecule has 0 aromatic rings. The number of hydrogen-bond acceptors (Lipinski definition) is 3. The predicted molar refractivity (Wildman–Crippen MR) is 82.4 cm³/mol. The van der Waals surface area contributed by atoms with E-state index in [2.05, 4.69) is 31.0 Å². The minimum atomic E-state index is -0.0448. The zero-order valence-corrected chi connectivity index (χ0v) is 13.3. The van der Waals surface area contributed by atoms with Gasteiger partial charge < -0.3 is 16.0 Å². The molecule has 3 N–H and O–H groups in total. The van der Waals surface area contributed by atoms with Gasteiger partial charge in [-0.05, 0) is 44.1 Å². The average molecular weight is 281 g/mol. The lowest BCUT2D eigenvalue weighted by atomic mass is 9.84. The number of hydrogen-bond donors (Lipinski definition) is 2. The highest BCUT2D eigenvalue weighted by atomic mass is 16.2. The molecule has 2 aliphatic rings. The molecule has 1 amide bonds. The molecular formula is C16H31N3O. The third-order valence-corrected chi connectivity index (χ3v) is 4.68. The van der Waals surface area contributed by atoms with E-state index < -0.39 is 0 Å². The molecule has 4 heteroatoms. The minimum Gasteiger partial charge on any atom is -0.353 e. The molecule has 116 valence electrons. The lowest BCUT2D eigenvalue weighted by Gasteiger charge is -2.36. The Balaban J connectivity index is 1.84. The third kappa shape index (κ3) is 4.19. The Morgan fingerprint density at radius 2 is 2.10 bits per heavy atom. The zero-order valence-electron chi connectivity index (χ0n) is 13.3. The molecule has 0 aromatic heterocycles. The van der Waals surface area contributed by atoms with Crippen LogP contribution in [0.5, 0.6) is 0 Å². The van der Waals surface area contributed by atoms with E-state index in [4.69, 9.17) is 5.73 Å². The van der Waals surface area contributed by atoms with Crippen LogP contribution in [-0.4, -0.2) is 42.5 Å². The van der Waals surface area contributed by atoms with Crippen LogP contribution in [-0.2, 0) is 4.79 Å². The fourth-order valence-corrected chi connectivity index (χ4v) is 3.70. The highest BCUT2D eigenvalue weighted by Gasteiger charge is 2.33. The first-order chi connectivity index (χ1) is 9.39. The second-order valence-electron chi connectivity index (χ2n) is 7.76. The molecule has 3 unspecified atom stereocenters. The molecule has 2 aliphatic heterocycles. The van der Waals surface area contributed by atoms with Gasteiger partial charge in [0.15, 0.2) is 0 Å². The summed E-state index contributed by atoms with van der Waals surface area (Å²) in [6.07, 6.45) is 5.70. The smallest absolute Gasteiger partial charge is 0.224 e. The van der Waals surface area contributed by atoms with Crippen molar-refractivity contribution in [1.82, 2.24) is 10.2 Å². The molecule has 2 rings (SSSR count). The molecule has 3 atom stereocenters. The van der Waals surface area contributed by atoms with Crippen LogP contribution in [0.4, 0.5) is 0 Å². The number of carbonyl (C=O) groups excluding carboxylic acids is 1. The summed E-state index contributed by atoms with van der Waals surface area (Å²) in [4.78, 5) is 15.0. The van der Waals surface area contributed by atoms with Crippen LogP contribution in [0.2, 0.25) is 0 Å². The van der Waals surface area contributed by atoms with E-state index in [1.54, 1.807) is 0 Å². The summed E-state index contributed by atoms with van der Waals surface area (Å²) in [5, 5.41) is 3.26. The third-order valence-electron chi connectivity index (χ3n) is 4.68. The van der Waals surface area contributed by atoms with Gasteiger partial charge in [-0.15, -0.1) is 0 Å². The molecule has 0 bridgehead atoms. The number of nitrogens with two attached hydrogens (primary N) is 1. The van der Waals surface area contributed by atoms with Crippen LogP contribution in [0.1, 0.15) is 52.9 Å². The maximum atomic E-state index is 12.4. The predicted octanol–water partition coefficient (Wildman–Crippen LogP) is 1.74. The summed E-state index contributed by atoms with van der Waals surface area (Å²) in [5.74, 6) is 0.121. The van der Waals surface area contributed by atoms with Gasteiger partial charge in [-0.2, -0.15) is 0 Å². The molecule has 0 aliphatic carbocycles. The molecule has 0 saturated carbocycles. The van der Waals surface area contributed by atoms with E-state index in [1.807, 2.05) is 0 Å². The molecule has 20 heavy (non-hydrogen) atoms. The average Bonchev–Trinajstić information content (AvgIpc) is 2.82. The number of amides is 1. The molecule has 0 aromatic carbocycles. The minimum absolute atomic E-state index is 0.0448. The van der Waals surface area contributed by atoms with Gasteiger partial charge in [-0.1, -0.05) is 20.8 Å². The maximum absolute atomic E-state index is 12.4. The molecule has 0 radical (unpaired) electrons. The first kappa shape index (κ1) is 15.8. The van der Waals surface area contributed by atoms with Crippen molar-refractivity contribution in [3.63, 3.8) is 0 Å². The van der Waals surface area contributed by atoms with Gasteiger partial charge in [-0.3, -0.25) is 4.79 Å². The number of piperidine rings is 1. The van der Waals surface area contributed by atoms with Crippen molar-refractivity contribution in [3.8, 4) is 0 Å². The monoisotopic (exact) mass is 281 g/mol. The van der Waals surface area contributed by atoms with Gasteiger partial charge in [0.25, 0.3) is 0 Å². The molecule has 2 saturated heterocycles. The Kier molecular flexibility index (Phi) is 5.08. The van der Waals surface area contributed by atoms with E-state index in [0.717, 1.165) is 25.8 Å². The summed E-state index contributed by atoms with van der Waals surface area (Å²) < 4.78 is 0. The number of nitrogens with zero attached hydrogens (tertiary/aromatic N) is 1. The first-order valence-corrected chi connectivity index (χ1v) is 8.13. The van der Waals surface area contributed by atoms with Crippen molar-refractivity contribution in [2.45, 2.75) is 65.0 Å². The molecular weight excluding hydrogens is 250 g/mol. The van der Waals surface area contributed by atoms with Gasteiger partial charge in [0.1, 0.15) is 0 Å². The number of carbonyl (C=O) groups is 1. The van der Waals surface area contributed by atoms with Gasteiger partial charge in [-0.25, -0.2) is 0 Å². The Morgan fingerprint density at radius 3 is 2.75 bits per heavy atom. The summed E-state index contributed by atoms with van der Waals surface area (Å²) >= 11 is 0. The van der Waals surface area contributed by atoms with Crippen LogP contribution in [0.25, 0.3) is 0 Å². The molecule has 2 fully saturated rings. The normalized spacial score (nSPS) is 29.0. The summed E-state index contributed by atoms with van der Waals surface area (Å²) in [7, 11) is 0. The van der Waals surface area contributed by atoms with E-state index in [1.165, 1.54) is 19.4 Å². The second-order valence-corrected chi connectivity index (χ2v) is 7.76. The van der Waals surface area contributed by atoms with E-state index in [-0.39, 0.29) is 17.2 Å². The fourth-order valence-electron chi connectivity index (χ4n) is 3.70. The van der Waals surface area contributed by atoms with E-state index >= 15 is 0 Å². The van der Waals surface area contributed by atoms with Crippen molar-refractivity contribution in [2.75, 3.05) is 19.6 Å². The van der Waals surface area contributed by atoms with Gasteiger partial charge >= 0.3 is 0 Å². The van der Waals surface area contributed by atoms with E-state index in [0.29, 0.717) is 18.6 Å². The van der Waals surface area contributed by atoms with E-state index in [9.17, 15) is 4.79 Å². The lowest BCUT2D eigenvalue weighted by Crippen LogP contribution is -2.49. The van der Waals surface area contributed by atoms with Gasteiger partial charge in [0.2, 0.25) is 5.91 Å². The first-order valence-electron chi connectivity index (χ1n) is 8.13. The Bertz CT molecular complexity index is 337. The SMILES string of the molecule is CC(C)(C)CC(CN)C(=O)NC1CCN2CCCC2C1. The summed E-state index contributed by atoms with van der Waals surface area (Å²) in [6.45, 7) is 9.34. The van der Waals surface area contributed by atoms with Crippen molar-refractivity contribution >= 4 is 5.91 Å². The Labute approximate surface area is 123 Å². The highest BCUT2D eigenvalue weighted by molar-refractivity contribution is 5.79.